The number of benzene rings is 1. The van der Waals surface area contributed by atoms with Gasteiger partial charge in [0.2, 0.25) is 5.91 Å². The second-order valence-electron chi connectivity index (χ2n) is 5.48. The number of methoxy groups -OCH3 is 1. The largest absolute Gasteiger partial charge is 0.497 e. The summed E-state index contributed by atoms with van der Waals surface area (Å²) in [7, 11) is 1.65. The Labute approximate surface area is 121 Å². The predicted octanol–water partition coefficient (Wildman–Crippen LogP) is 2.51. The molecule has 0 fully saturated rings. The van der Waals surface area contributed by atoms with Gasteiger partial charge in [0.15, 0.2) is 0 Å². The third kappa shape index (κ3) is 5.21. The molecule has 0 spiro atoms. The zero-order chi connectivity index (χ0) is 15.1. The summed E-state index contributed by atoms with van der Waals surface area (Å²) >= 11 is 0. The van der Waals surface area contributed by atoms with E-state index in [0.717, 1.165) is 11.3 Å². The van der Waals surface area contributed by atoms with Crippen LogP contribution in [0.25, 0.3) is 0 Å². The van der Waals surface area contributed by atoms with Gasteiger partial charge in [-0.05, 0) is 37.5 Å². The molecule has 0 aliphatic carbocycles. The summed E-state index contributed by atoms with van der Waals surface area (Å²) in [5.74, 6) is 1.31. The lowest BCUT2D eigenvalue weighted by Gasteiger charge is -2.19. The van der Waals surface area contributed by atoms with Gasteiger partial charge in [-0.25, -0.2) is 0 Å². The molecule has 1 rings (SSSR count). The number of rotatable bonds is 7. The highest BCUT2D eigenvalue weighted by molar-refractivity contribution is 5.78. The Bertz CT molecular complexity index is 415. The molecule has 1 amide bonds. The number of amides is 1. The average molecular weight is 278 g/mol. The fourth-order valence-corrected chi connectivity index (χ4v) is 1.73. The quantitative estimate of drug-likeness (QED) is 0.805. The first-order valence-electron chi connectivity index (χ1n) is 7.10. The molecule has 1 aromatic carbocycles. The van der Waals surface area contributed by atoms with Gasteiger partial charge in [-0.3, -0.25) is 4.79 Å². The van der Waals surface area contributed by atoms with Crippen LogP contribution in [-0.4, -0.2) is 25.6 Å². The zero-order valence-corrected chi connectivity index (χ0v) is 13.1. The van der Waals surface area contributed by atoms with E-state index >= 15 is 0 Å². The van der Waals surface area contributed by atoms with Crippen molar-refractivity contribution in [1.82, 2.24) is 10.6 Å². The molecule has 4 heteroatoms. The number of hydrogen-bond acceptors (Lipinski definition) is 3. The minimum atomic E-state index is 0.0339. The molecule has 20 heavy (non-hydrogen) atoms. The lowest BCUT2D eigenvalue weighted by molar-refractivity contribution is -0.121. The van der Waals surface area contributed by atoms with E-state index < -0.39 is 0 Å². The van der Waals surface area contributed by atoms with Gasteiger partial charge in [0.05, 0.1) is 13.7 Å². The highest BCUT2D eigenvalue weighted by atomic mass is 16.5. The maximum atomic E-state index is 11.8. The molecule has 4 nitrogen and oxygen atoms in total. The van der Waals surface area contributed by atoms with Crippen molar-refractivity contribution < 1.29 is 9.53 Å². The highest BCUT2D eigenvalue weighted by Crippen LogP contribution is 2.16. The fraction of sp³-hybridized carbons (Fsp3) is 0.562. The smallest absolute Gasteiger partial charge is 0.234 e. The second-order valence-corrected chi connectivity index (χ2v) is 5.48. The summed E-state index contributed by atoms with van der Waals surface area (Å²) in [4.78, 5) is 11.8. The molecule has 0 heterocycles. The van der Waals surface area contributed by atoms with E-state index in [2.05, 4.69) is 24.5 Å². The Kier molecular flexibility index (Phi) is 6.52. The lowest BCUT2D eigenvalue weighted by atomic mass is 10.1. The van der Waals surface area contributed by atoms with Crippen LogP contribution < -0.4 is 15.4 Å². The Morgan fingerprint density at radius 2 is 1.75 bits per heavy atom. The van der Waals surface area contributed by atoms with Gasteiger partial charge in [0, 0.05) is 12.1 Å². The van der Waals surface area contributed by atoms with Crippen molar-refractivity contribution in [3.05, 3.63) is 29.8 Å². The molecule has 0 aromatic heterocycles. The summed E-state index contributed by atoms with van der Waals surface area (Å²) in [5.41, 5.74) is 1.13. The molecule has 2 atom stereocenters. The second kappa shape index (κ2) is 7.90. The van der Waals surface area contributed by atoms with E-state index in [0.29, 0.717) is 12.5 Å². The summed E-state index contributed by atoms with van der Waals surface area (Å²) in [6, 6.07) is 8.18. The number of ether oxygens (including phenoxy) is 1. The standard InChI is InChI=1S/C16H26N2O2/c1-11(2)12(3)18-16(19)10-17-13(4)14-6-8-15(20-5)9-7-14/h6-9,11-13,17H,10H2,1-5H3,(H,18,19)/t12?,13-/m1/s1. The van der Waals surface area contributed by atoms with Gasteiger partial charge in [0.1, 0.15) is 5.75 Å². The molecule has 1 unspecified atom stereocenters. The van der Waals surface area contributed by atoms with Gasteiger partial charge in [-0.15, -0.1) is 0 Å². The first-order valence-corrected chi connectivity index (χ1v) is 7.10. The minimum Gasteiger partial charge on any atom is -0.497 e. The normalized spacial score (nSPS) is 13.9. The Morgan fingerprint density at radius 3 is 2.25 bits per heavy atom. The maximum absolute atomic E-state index is 11.8. The minimum absolute atomic E-state index is 0.0339. The van der Waals surface area contributed by atoms with Crippen molar-refractivity contribution in [1.29, 1.82) is 0 Å². The van der Waals surface area contributed by atoms with E-state index in [1.165, 1.54) is 0 Å². The lowest BCUT2D eigenvalue weighted by Crippen LogP contribution is -2.41. The van der Waals surface area contributed by atoms with Crippen LogP contribution in [0, 0.1) is 5.92 Å². The average Bonchev–Trinajstić information content (AvgIpc) is 2.44. The Hall–Kier alpha value is -1.55. The summed E-state index contributed by atoms with van der Waals surface area (Å²) in [6.07, 6.45) is 0. The Balaban J connectivity index is 2.42. The highest BCUT2D eigenvalue weighted by Gasteiger charge is 2.12. The van der Waals surface area contributed by atoms with Crippen molar-refractivity contribution in [2.45, 2.75) is 39.8 Å². The monoisotopic (exact) mass is 278 g/mol. The first-order chi connectivity index (χ1) is 9.43. The van der Waals surface area contributed by atoms with E-state index in [4.69, 9.17) is 4.74 Å². The first kappa shape index (κ1) is 16.5. The molecule has 0 saturated heterocycles. The van der Waals surface area contributed by atoms with E-state index in [9.17, 15) is 4.79 Å². The molecule has 0 bridgehead atoms. The van der Waals surface area contributed by atoms with Gasteiger partial charge in [0.25, 0.3) is 0 Å². The van der Waals surface area contributed by atoms with Crippen LogP contribution in [0.15, 0.2) is 24.3 Å². The van der Waals surface area contributed by atoms with Crippen LogP contribution in [-0.2, 0) is 4.79 Å². The molecule has 1 aromatic rings. The van der Waals surface area contributed by atoms with Crippen molar-refractivity contribution in [2.24, 2.45) is 5.92 Å². The van der Waals surface area contributed by atoms with Gasteiger partial charge < -0.3 is 15.4 Å². The molecule has 0 radical (unpaired) electrons. The number of carbonyl (C=O) groups is 1. The zero-order valence-electron chi connectivity index (χ0n) is 13.1. The number of hydrogen-bond donors (Lipinski definition) is 2. The third-order valence-corrected chi connectivity index (χ3v) is 3.57. The van der Waals surface area contributed by atoms with Crippen molar-refractivity contribution >= 4 is 5.91 Å². The van der Waals surface area contributed by atoms with E-state index in [-0.39, 0.29) is 18.0 Å². The summed E-state index contributed by atoms with van der Waals surface area (Å²) < 4.78 is 5.13. The predicted molar refractivity (Wildman–Crippen MR) is 81.9 cm³/mol. The topological polar surface area (TPSA) is 50.4 Å². The number of carbonyl (C=O) groups excluding carboxylic acids is 1. The van der Waals surface area contributed by atoms with Crippen molar-refractivity contribution in [2.75, 3.05) is 13.7 Å². The molecule has 0 saturated carbocycles. The number of nitrogens with one attached hydrogen (secondary N) is 2. The van der Waals surface area contributed by atoms with Gasteiger partial charge in [-0.2, -0.15) is 0 Å². The molecular weight excluding hydrogens is 252 g/mol. The summed E-state index contributed by atoms with van der Waals surface area (Å²) in [6.45, 7) is 8.58. The summed E-state index contributed by atoms with van der Waals surface area (Å²) in [5, 5.41) is 6.21. The van der Waals surface area contributed by atoms with Crippen LogP contribution >= 0.6 is 0 Å². The molecule has 112 valence electrons. The van der Waals surface area contributed by atoms with Crippen LogP contribution in [0.4, 0.5) is 0 Å². The maximum Gasteiger partial charge on any atom is 0.234 e. The molecule has 0 aliphatic heterocycles. The van der Waals surface area contributed by atoms with Crippen molar-refractivity contribution in [3.8, 4) is 5.75 Å². The fourth-order valence-electron chi connectivity index (χ4n) is 1.73. The van der Waals surface area contributed by atoms with E-state index in [1.54, 1.807) is 7.11 Å². The molecular formula is C16H26N2O2. The SMILES string of the molecule is COc1ccc([C@@H](C)NCC(=O)NC(C)C(C)C)cc1. The van der Waals surface area contributed by atoms with Gasteiger partial charge in [-0.1, -0.05) is 26.0 Å². The third-order valence-electron chi connectivity index (χ3n) is 3.57. The van der Waals surface area contributed by atoms with Crippen LogP contribution in [0.2, 0.25) is 0 Å². The van der Waals surface area contributed by atoms with Crippen molar-refractivity contribution in [3.63, 3.8) is 0 Å². The van der Waals surface area contributed by atoms with Crippen LogP contribution in [0.1, 0.15) is 39.3 Å². The van der Waals surface area contributed by atoms with Crippen LogP contribution in [0.3, 0.4) is 0 Å². The van der Waals surface area contributed by atoms with Crippen LogP contribution in [0.5, 0.6) is 5.75 Å². The molecule has 0 aliphatic rings. The molecule has 2 N–H and O–H groups in total. The van der Waals surface area contributed by atoms with Gasteiger partial charge >= 0.3 is 0 Å². The van der Waals surface area contributed by atoms with E-state index in [1.807, 2.05) is 38.1 Å². The Morgan fingerprint density at radius 1 is 1.15 bits per heavy atom.